The maximum Gasteiger partial charge on any atom is 0.243 e. The van der Waals surface area contributed by atoms with Crippen LogP contribution >= 0.6 is 0 Å². The minimum absolute atomic E-state index is 0.348. The number of nitrogens with one attached hydrogen (secondary N) is 1. The molecule has 24 heavy (non-hydrogen) atoms. The van der Waals surface area contributed by atoms with Crippen LogP contribution in [0.1, 0.15) is 18.4 Å². The number of para-hydroxylation sites is 1. The number of hydrogen-bond donors (Lipinski definition) is 1. The van der Waals surface area contributed by atoms with Crippen LogP contribution in [0.25, 0.3) is 22.4 Å². The molecule has 1 aliphatic rings. The summed E-state index contributed by atoms with van der Waals surface area (Å²) in [4.78, 5) is 8.28. The van der Waals surface area contributed by atoms with E-state index in [1.54, 1.807) is 16.4 Å². The predicted octanol–water partition coefficient (Wildman–Crippen LogP) is 3.32. The fraction of sp³-hybridized carbons (Fsp3) is 0.278. The van der Waals surface area contributed by atoms with Crippen LogP contribution in [0.5, 0.6) is 0 Å². The summed E-state index contributed by atoms with van der Waals surface area (Å²) in [6, 6.07) is 13.0. The molecule has 1 saturated heterocycles. The van der Waals surface area contributed by atoms with E-state index in [0.717, 1.165) is 40.8 Å². The van der Waals surface area contributed by atoms with E-state index in [4.69, 9.17) is 0 Å². The number of aromatic nitrogens is 2. The average molecular weight is 341 g/mol. The van der Waals surface area contributed by atoms with Crippen LogP contribution in [-0.4, -0.2) is 35.8 Å². The third-order valence-electron chi connectivity index (χ3n) is 4.54. The first-order chi connectivity index (χ1) is 11.6. The first-order valence-corrected chi connectivity index (χ1v) is 9.56. The van der Waals surface area contributed by atoms with Crippen molar-refractivity contribution in [1.82, 2.24) is 14.3 Å². The van der Waals surface area contributed by atoms with Crippen molar-refractivity contribution >= 4 is 21.1 Å². The summed E-state index contributed by atoms with van der Waals surface area (Å²) < 4.78 is 26.7. The molecule has 1 aromatic heterocycles. The molecule has 0 unspecified atom stereocenters. The predicted molar refractivity (Wildman–Crippen MR) is 94.3 cm³/mol. The number of fused-ring (bicyclic) bond motifs is 1. The number of aryl methyl sites for hydroxylation is 1. The fourth-order valence-corrected chi connectivity index (χ4v) is 4.69. The van der Waals surface area contributed by atoms with E-state index >= 15 is 0 Å². The van der Waals surface area contributed by atoms with Crippen LogP contribution in [-0.2, 0) is 10.0 Å². The van der Waals surface area contributed by atoms with E-state index in [2.05, 4.69) is 9.97 Å². The van der Waals surface area contributed by atoms with Gasteiger partial charge in [0.05, 0.1) is 15.9 Å². The molecule has 0 aliphatic carbocycles. The number of nitrogens with zero attached hydrogens (tertiary/aromatic N) is 2. The summed E-state index contributed by atoms with van der Waals surface area (Å²) in [6.07, 6.45) is 1.88. The van der Waals surface area contributed by atoms with Crippen molar-refractivity contribution in [3.05, 3.63) is 48.0 Å². The average Bonchev–Trinajstić information content (AvgIpc) is 3.25. The molecule has 4 rings (SSSR count). The minimum Gasteiger partial charge on any atom is -0.338 e. The highest BCUT2D eigenvalue weighted by Crippen LogP contribution is 2.25. The van der Waals surface area contributed by atoms with E-state index in [-0.39, 0.29) is 0 Å². The van der Waals surface area contributed by atoms with E-state index in [9.17, 15) is 8.42 Å². The van der Waals surface area contributed by atoms with E-state index in [1.165, 1.54) is 0 Å². The van der Waals surface area contributed by atoms with Gasteiger partial charge in [0.25, 0.3) is 0 Å². The van der Waals surface area contributed by atoms with E-state index in [0.29, 0.717) is 18.0 Å². The summed E-state index contributed by atoms with van der Waals surface area (Å²) in [5.74, 6) is 0.754. The van der Waals surface area contributed by atoms with Gasteiger partial charge in [0.2, 0.25) is 10.0 Å². The van der Waals surface area contributed by atoms with Crippen molar-refractivity contribution in [2.45, 2.75) is 24.7 Å². The second-order valence-corrected chi connectivity index (χ2v) is 8.13. The lowest BCUT2D eigenvalue weighted by atomic mass is 10.2. The smallest absolute Gasteiger partial charge is 0.243 e. The largest absolute Gasteiger partial charge is 0.338 e. The van der Waals surface area contributed by atoms with Crippen LogP contribution in [0.15, 0.2) is 47.4 Å². The van der Waals surface area contributed by atoms with E-state index in [1.807, 2.05) is 37.3 Å². The Morgan fingerprint density at radius 2 is 1.75 bits per heavy atom. The highest BCUT2D eigenvalue weighted by Gasteiger charge is 2.27. The van der Waals surface area contributed by atoms with Crippen molar-refractivity contribution in [2.75, 3.05) is 13.1 Å². The second kappa shape index (κ2) is 5.72. The lowest BCUT2D eigenvalue weighted by Gasteiger charge is -2.15. The third kappa shape index (κ3) is 2.52. The van der Waals surface area contributed by atoms with Gasteiger partial charge < -0.3 is 4.98 Å². The molecule has 3 aromatic rings. The molecule has 0 radical (unpaired) electrons. The lowest BCUT2D eigenvalue weighted by Crippen LogP contribution is -2.27. The Morgan fingerprint density at radius 3 is 2.42 bits per heavy atom. The van der Waals surface area contributed by atoms with E-state index < -0.39 is 10.0 Å². The molecule has 0 amide bonds. The van der Waals surface area contributed by atoms with Gasteiger partial charge in [-0.15, -0.1) is 0 Å². The highest BCUT2D eigenvalue weighted by molar-refractivity contribution is 7.89. The van der Waals surface area contributed by atoms with Gasteiger partial charge in [-0.05, 0) is 55.7 Å². The van der Waals surface area contributed by atoms with Crippen molar-refractivity contribution < 1.29 is 8.42 Å². The van der Waals surface area contributed by atoms with Crippen LogP contribution in [0, 0.1) is 6.92 Å². The zero-order chi connectivity index (χ0) is 16.7. The topological polar surface area (TPSA) is 66.1 Å². The Bertz CT molecular complexity index is 985. The lowest BCUT2D eigenvalue weighted by molar-refractivity contribution is 0.477. The zero-order valence-electron chi connectivity index (χ0n) is 13.5. The molecular weight excluding hydrogens is 322 g/mol. The van der Waals surface area contributed by atoms with Crippen LogP contribution in [0.4, 0.5) is 0 Å². The van der Waals surface area contributed by atoms with Crippen LogP contribution in [0.3, 0.4) is 0 Å². The third-order valence-corrected chi connectivity index (χ3v) is 6.46. The first-order valence-electron chi connectivity index (χ1n) is 8.12. The molecular formula is C18H19N3O2S. The van der Waals surface area contributed by atoms with Crippen LogP contribution in [0.2, 0.25) is 0 Å². The molecule has 0 spiro atoms. The SMILES string of the molecule is Cc1cccc2[nH]c(-c3ccc(S(=O)(=O)N4CCCC4)cc3)nc12. The monoisotopic (exact) mass is 341 g/mol. The van der Waals surface area contributed by atoms with Crippen molar-refractivity contribution in [3.8, 4) is 11.4 Å². The van der Waals surface area contributed by atoms with Gasteiger partial charge >= 0.3 is 0 Å². The minimum atomic E-state index is -3.37. The Kier molecular flexibility index (Phi) is 3.66. The molecule has 1 N–H and O–H groups in total. The maximum absolute atomic E-state index is 12.6. The molecule has 0 atom stereocenters. The standard InChI is InChI=1S/C18H19N3O2S/c1-13-5-4-6-16-17(13)20-18(19-16)14-7-9-15(10-8-14)24(22,23)21-11-2-3-12-21/h4-10H,2-3,11-12H2,1H3,(H,19,20). The van der Waals surface area contributed by atoms with Crippen LogP contribution < -0.4 is 0 Å². The van der Waals surface area contributed by atoms with Gasteiger partial charge in [0, 0.05) is 18.7 Å². The number of sulfonamides is 1. The summed E-state index contributed by atoms with van der Waals surface area (Å²) in [5, 5.41) is 0. The Labute approximate surface area is 141 Å². The second-order valence-electron chi connectivity index (χ2n) is 6.19. The maximum atomic E-state index is 12.6. The van der Waals surface area contributed by atoms with Gasteiger partial charge in [-0.2, -0.15) is 4.31 Å². The fourth-order valence-electron chi connectivity index (χ4n) is 3.17. The van der Waals surface area contributed by atoms with Crippen molar-refractivity contribution in [2.24, 2.45) is 0 Å². The summed E-state index contributed by atoms with van der Waals surface area (Å²) in [7, 11) is -3.37. The number of benzene rings is 2. The molecule has 1 aliphatic heterocycles. The molecule has 0 saturated carbocycles. The number of H-pyrrole nitrogens is 1. The quantitative estimate of drug-likeness (QED) is 0.795. The van der Waals surface area contributed by atoms with Gasteiger partial charge in [0.1, 0.15) is 5.82 Å². The molecule has 2 heterocycles. The Balaban J connectivity index is 1.69. The van der Waals surface area contributed by atoms with Crippen molar-refractivity contribution in [1.29, 1.82) is 0 Å². The molecule has 124 valence electrons. The normalized spacial score (nSPS) is 16.0. The van der Waals surface area contributed by atoms with Gasteiger partial charge in [-0.3, -0.25) is 0 Å². The van der Waals surface area contributed by atoms with Crippen molar-refractivity contribution in [3.63, 3.8) is 0 Å². The molecule has 5 nitrogen and oxygen atoms in total. The van der Waals surface area contributed by atoms with Gasteiger partial charge in [-0.25, -0.2) is 13.4 Å². The number of rotatable bonds is 3. The molecule has 0 bridgehead atoms. The summed E-state index contributed by atoms with van der Waals surface area (Å²) >= 11 is 0. The summed E-state index contributed by atoms with van der Waals surface area (Å²) in [5.41, 5.74) is 3.93. The summed E-state index contributed by atoms with van der Waals surface area (Å²) in [6.45, 7) is 3.26. The number of hydrogen-bond acceptors (Lipinski definition) is 3. The first kappa shape index (κ1) is 15.4. The molecule has 1 fully saturated rings. The van der Waals surface area contributed by atoms with Gasteiger partial charge in [0.15, 0.2) is 0 Å². The molecule has 6 heteroatoms. The Hall–Kier alpha value is -2.18. The number of aromatic amines is 1. The molecule has 2 aromatic carbocycles. The zero-order valence-corrected chi connectivity index (χ0v) is 14.3. The Morgan fingerprint density at radius 1 is 1.04 bits per heavy atom. The highest BCUT2D eigenvalue weighted by atomic mass is 32.2. The number of imidazole rings is 1. The van der Waals surface area contributed by atoms with Gasteiger partial charge in [-0.1, -0.05) is 12.1 Å².